The molecule has 0 saturated carbocycles. The summed E-state index contributed by atoms with van der Waals surface area (Å²) in [4.78, 5) is 10.5. The summed E-state index contributed by atoms with van der Waals surface area (Å²) < 4.78 is 5.78. The summed E-state index contributed by atoms with van der Waals surface area (Å²) in [6, 6.07) is 7.26. The van der Waals surface area contributed by atoms with Gasteiger partial charge < -0.3 is 4.74 Å². The van der Waals surface area contributed by atoms with E-state index in [4.69, 9.17) is 4.74 Å². The Morgan fingerprint density at radius 1 is 1.12 bits per heavy atom. The second-order valence-corrected chi connectivity index (χ2v) is 4.94. The maximum atomic E-state index is 10.5. The summed E-state index contributed by atoms with van der Waals surface area (Å²) in [5.74, 6) is 1.60. The van der Waals surface area contributed by atoms with E-state index in [0.717, 1.165) is 24.4 Å². The lowest BCUT2D eigenvalue weighted by molar-refractivity contribution is 0.112. The number of hydrogen-bond donors (Lipinski definition) is 0. The van der Waals surface area contributed by atoms with Crippen LogP contribution < -0.4 is 4.74 Å². The highest BCUT2D eigenvalue weighted by molar-refractivity contribution is 5.74. The third kappa shape index (κ3) is 5.53. The number of rotatable bonds is 7. The van der Waals surface area contributed by atoms with Crippen molar-refractivity contribution in [3.8, 4) is 5.75 Å². The standard InChI is InChI=1S/C15H22O2/c1-12(2)5-4-6-13(3)17-15-9-7-14(11-16)8-10-15/h7-13H,4-6H2,1-3H3. The van der Waals surface area contributed by atoms with Crippen LogP contribution in [-0.4, -0.2) is 12.4 Å². The van der Waals surface area contributed by atoms with E-state index < -0.39 is 0 Å². The zero-order chi connectivity index (χ0) is 12.7. The van der Waals surface area contributed by atoms with Crippen molar-refractivity contribution in [2.24, 2.45) is 5.92 Å². The molecule has 0 saturated heterocycles. The lowest BCUT2D eigenvalue weighted by atomic mass is 10.0. The molecule has 0 heterocycles. The lowest BCUT2D eigenvalue weighted by Crippen LogP contribution is -2.11. The number of hydrogen-bond acceptors (Lipinski definition) is 2. The molecule has 1 aromatic rings. The molecular formula is C15H22O2. The first-order valence-electron chi connectivity index (χ1n) is 6.33. The fourth-order valence-electron chi connectivity index (χ4n) is 1.73. The summed E-state index contributed by atoms with van der Waals surface area (Å²) in [7, 11) is 0. The smallest absolute Gasteiger partial charge is 0.150 e. The van der Waals surface area contributed by atoms with Gasteiger partial charge in [-0.3, -0.25) is 4.79 Å². The van der Waals surface area contributed by atoms with Crippen molar-refractivity contribution in [1.82, 2.24) is 0 Å². The monoisotopic (exact) mass is 234 g/mol. The lowest BCUT2D eigenvalue weighted by Gasteiger charge is -2.15. The Labute approximate surface area is 104 Å². The Kier molecular flexibility index (Phi) is 5.75. The molecule has 0 fully saturated rings. The minimum Gasteiger partial charge on any atom is -0.491 e. The molecule has 2 heteroatoms. The highest BCUT2D eigenvalue weighted by atomic mass is 16.5. The molecule has 1 aromatic carbocycles. The summed E-state index contributed by atoms with van der Waals surface area (Å²) in [6.45, 7) is 6.57. The second-order valence-electron chi connectivity index (χ2n) is 4.94. The average molecular weight is 234 g/mol. The molecule has 1 atom stereocenters. The minimum atomic E-state index is 0.232. The molecule has 0 aromatic heterocycles. The van der Waals surface area contributed by atoms with Gasteiger partial charge in [0.25, 0.3) is 0 Å². The van der Waals surface area contributed by atoms with Crippen molar-refractivity contribution in [1.29, 1.82) is 0 Å². The normalized spacial score (nSPS) is 12.5. The summed E-state index contributed by atoms with van der Waals surface area (Å²) >= 11 is 0. The number of aldehydes is 1. The summed E-state index contributed by atoms with van der Waals surface area (Å²) in [6.07, 6.45) is 4.60. The van der Waals surface area contributed by atoms with Crippen molar-refractivity contribution in [3.05, 3.63) is 29.8 Å². The van der Waals surface area contributed by atoms with Crippen LogP contribution >= 0.6 is 0 Å². The van der Waals surface area contributed by atoms with Crippen molar-refractivity contribution in [2.45, 2.75) is 46.1 Å². The Morgan fingerprint density at radius 2 is 1.76 bits per heavy atom. The van der Waals surface area contributed by atoms with Gasteiger partial charge in [0.1, 0.15) is 12.0 Å². The van der Waals surface area contributed by atoms with E-state index in [1.807, 2.05) is 12.1 Å². The van der Waals surface area contributed by atoms with E-state index in [1.165, 1.54) is 12.8 Å². The zero-order valence-corrected chi connectivity index (χ0v) is 11.0. The zero-order valence-electron chi connectivity index (χ0n) is 11.0. The quantitative estimate of drug-likeness (QED) is 0.664. The van der Waals surface area contributed by atoms with E-state index in [1.54, 1.807) is 12.1 Å². The molecule has 94 valence electrons. The molecule has 0 amide bonds. The largest absolute Gasteiger partial charge is 0.491 e. The van der Waals surface area contributed by atoms with E-state index in [0.29, 0.717) is 5.56 Å². The van der Waals surface area contributed by atoms with Crippen LogP contribution in [0.4, 0.5) is 0 Å². The first-order valence-corrected chi connectivity index (χ1v) is 6.33. The number of ether oxygens (including phenoxy) is 1. The van der Waals surface area contributed by atoms with Crippen LogP contribution in [0.3, 0.4) is 0 Å². The average Bonchev–Trinajstić information content (AvgIpc) is 2.29. The minimum absolute atomic E-state index is 0.232. The molecule has 0 N–H and O–H groups in total. The molecule has 0 aliphatic heterocycles. The Hall–Kier alpha value is -1.31. The Morgan fingerprint density at radius 3 is 2.29 bits per heavy atom. The van der Waals surface area contributed by atoms with Crippen molar-refractivity contribution in [2.75, 3.05) is 0 Å². The highest BCUT2D eigenvalue weighted by Gasteiger charge is 2.04. The van der Waals surface area contributed by atoms with Crippen LogP contribution in [0.1, 0.15) is 50.4 Å². The van der Waals surface area contributed by atoms with Crippen molar-refractivity contribution < 1.29 is 9.53 Å². The molecule has 0 spiro atoms. The third-order valence-corrected chi connectivity index (χ3v) is 2.75. The van der Waals surface area contributed by atoms with Gasteiger partial charge >= 0.3 is 0 Å². The van der Waals surface area contributed by atoms with Gasteiger partial charge in [0.05, 0.1) is 6.10 Å². The SMILES string of the molecule is CC(C)CCCC(C)Oc1ccc(C=O)cc1. The predicted molar refractivity (Wildman–Crippen MR) is 70.6 cm³/mol. The van der Waals surface area contributed by atoms with E-state index in [2.05, 4.69) is 20.8 Å². The van der Waals surface area contributed by atoms with Gasteiger partial charge in [-0.05, 0) is 49.9 Å². The molecular weight excluding hydrogens is 212 g/mol. The van der Waals surface area contributed by atoms with Gasteiger partial charge in [-0.1, -0.05) is 20.3 Å². The van der Waals surface area contributed by atoms with E-state index in [-0.39, 0.29) is 6.10 Å². The van der Waals surface area contributed by atoms with Gasteiger partial charge in [-0.2, -0.15) is 0 Å². The summed E-state index contributed by atoms with van der Waals surface area (Å²) in [5, 5.41) is 0. The fourth-order valence-corrected chi connectivity index (χ4v) is 1.73. The van der Waals surface area contributed by atoms with E-state index in [9.17, 15) is 4.79 Å². The maximum absolute atomic E-state index is 10.5. The van der Waals surface area contributed by atoms with Crippen molar-refractivity contribution in [3.63, 3.8) is 0 Å². The van der Waals surface area contributed by atoms with Crippen LogP contribution in [-0.2, 0) is 0 Å². The van der Waals surface area contributed by atoms with Gasteiger partial charge in [0, 0.05) is 5.56 Å². The van der Waals surface area contributed by atoms with Crippen LogP contribution in [0.15, 0.2) is 24.3 Å². The molecule has 17 heavy (non-hydrogen) atoms. The van der Waals surface area contributed by atoms with Crippen LogP contribution in [0, 0.1) is 5.92 Å². The molecule has 0 bridgehead atoms. The Bertz CT molecular complexity index is 327. The van der Waals surface area contributed by atoms with Crippen LogP contribution in [0.25, 0.3) is 0 Å². The highest BCUT2D eigenvalue weighted by Crippen LogP contribution is 2.16. The maximum Gasteiger partial charge on any atom is 0.150 e. The number of carbonyl (C=O) groups is 1. The van der Waals surface area contributed by atoms with E-state index >= 15 is 0 Å². The van der Waals surface area contributed by atoms with Gasteiger partial charge in [-0.15, -0.1) is 0 Å². The third-order valence-electron chi connectivity index (χ3n) is 2.75. The van der Waals surface area contributed by atoms with Gasteiger partial charge in [0.2, 0.25) is 0 Å². The molecule has 2 nitrogen and oxygen atoms in total. The second kappa shape index (κ2) is 7.10. The van der Waals surface area contributed by atoms with Crippen LogP contribution in [0.5, 0.6) is 5.75 Å². The predicted octanol–water partition coefficient (Wildman–Crippen LogP) is 4.09. The summed E-state index contributed by atoms with van der Waals surface area (Å²) in [5.41, 5.74) is 0.685. The topological polar surface area (TPSA) is 26.3 Å². The molecule has 1 rings (SSSR count). The molecule has 0 radical (unpaired) electrons. The molecule has 0 aliphatic carbocycles. The number of carbonyl (C=O) groups excluding carboxylic acids is 1. The molecule has 1 unspecified atom stereocenters. The fraction of sp³-hybridized carbons (Fsp3) is 0.533. The van der Waals surface area contributed by atoms with Gasteiger partial charge in [-0.25, -0.2) is 0 Å². The van der Waals surface area contributed by atoms with Crippen molar-refractivity contribution >= 4 is 6.29 Å². The Balaban J connectivity index is 2.34. The molecule has 0 aliphatic rings. The first-order chi connectivity index (χ1) is 8.11. The van der Waals surface area contributed by atoms with Crippen LogP contribution in [0.2, 0.25) is 0 Å². The van der Waals surface area contributed by atoms with Gasteiger partial charge in [0.15, 0.2) is 0 Å². The first kappa shape index (κ1) is 13.8. The number of benzene rings is 1.